The Labute approximate surface area is 276 Å². The molecule has 6 aromatic rings. The molecule has 6 heteroatoms. The SMILES string of the molecule is CC(C)c1cc(-c2[c-]cccc2)ncc1[Si](C)(C)C.CCC(CC)c1ccnc(-c2[c-]ccc3c2oc2ncccc23)c1.[Ir]. The van der Waals surface area contributed by atoms with Crippen LogP contribution in [0.1, 0.15) is 63.5 Å². The van der Waals surface area contributed by atoms with Gasteiger partial charge in [-0.1, -0.05) is 81.5 Å². The first-order valence-corrected chi connectivity index (χ1v) is 18.8. The van der Waals surface area contributed by atoms with Crippen molar-refractivity contribution in [3.63, 3.8) is 0 Å². The second kappa shape index (κ2) is 14.6. The van der Waals surface area contributed by atoms with Gasteiger partial charge in [0.15, 0.2) is 0 Å². The van der Waals surface area contributed by atoms with Crippen molar-refractivity contribution in [2.75, 3.05) is 0 Å². The molecule has 4 aromatic heterocycles. The van der Waals surface area contributed by atoms with E-state index in [1.807, 2.05) is 48.7 Å². The van der Waals surface area contributed by atoms with Gasteiger partial charge in [-0.15, -0.1) is 54.1 Å². The quantitative estimate of drug-likeness (QED) is 0.120. The van der Waals surface area contributed by atoms with Crippen LogP contribution in [-0.2, 0) is 20.1 Å². The van der Waals surface area contributed by atoms with Gasteiger partial charge in [0, 0.05) is 44.1 Å². The summed E-state index contributed by atoms with van der Waals surface area (Å²) in [6, 6.07) is 29.1. The summed E-state index contributed by atoms with van der Waals surface area (Å²) in [7, 11) is -1.34. The molecule has 0 N–H and O–H groups in total. The molecular formula is C38H41IrN3OSi-2. The molecule has 2 aromatic carbocycles. The minimum absolute atomic E-state index is 0. The van der Waals surface area contributed by atoms with Crippen LogP contribution in [0.5, 0.6) is 0 Å². The molecule has 0 fully saturated rings. The molecule has 0 saturated carbocycles. The van der Waals surface area contributed by atoms with Gasteiger partial charge in [0.2, 0.25) is 5.71 Å². The summed E-state index contributed by atoms with van der Waals surface area (Å²) in [4.78, 5) is 13.6. The second-order valence-electron chi connectivity index (χ2n) is 12.4. The van der Waals surface area contributed by atoms with E-state index >= 15 is 0 Å². The number of furan rings is 1. The standard InChI is InChI=1S/C21H19N2O.C17H22NSi.Ir/c1-3-14(4-2)15-10-12-22-19(13-15)18-8-5-7-16-17-9-6-11-23-21(17)24-20(16)18;1-13(2)15-11-16(14-9-7-6-8-10-14)18-12-17(15)19(3,4)5;/h5-7,9-14H,3-4H2,1-2H3;6-9,11-13H,1-5H3;/q2*-1;. The van der Waals surface area contributed by atoms with E-state index in [0.29, 0.717) is 17.5 Å². The minimum Gasteiger partial charge on any atom is -0.486 e. The minimum atomic E-state index is -1.34. The number of pyridine rings is 3. The molecule has 4 nitrogen and oxygen atoms in total. The molecule has 4 heterocycles. The van der Waals surface area contributed by atoms with Gasteiger partial charge >= 0.3 is 0 Å². The maximum absolute atomic E-state index is 6.01. The molecule has 6 rings (SSSR count). The fourth-order valence-electron chi connectivity index (χ4n) is 5.64. The Morgan fingerprint density at radius 2 is 1.59 bits per heavy atom. The molecule has 0 amide bonds. The van der Waals surface area contributed by atoms with E-state index in [1.54, 1.807) is 6.20 Å². The van der Waals surface area contributed by atoms with Gasteiger partial charge in [0.05, 0.1) is 13.7 Å². The number of aromatic nitrogens is 3. The monoisotopic (exact) mass is 776 g/mol. The first-order valence-electron chi connectivity index (χ1n) is 15.3. The number of rotatable bonds is 7. The second-order valence-corrected chi connectivity index (χ2v) is 17.4. The van der Waals surface area contributed by atoms with Crippen LogP contribution in [0.3, 0.4) is 0 Å². The zero-order valence-electron chi connectivity index (χ0n) is 26.7. The molecule has 0 atom stereocenters. The molecule has 0 aliphatic heterocycles. The molecule has 0 bridgehead atoms. The summed E-state index contributed by atoms with van der Waals surface area (Å²) in [5.74, 6) is 1.09. The van der Waals surface area contributed by atoms with Gasteiger partial charge in [0.1, 0.15) is 0 Å². The zero-order valence-corrected chi connectivity index (χ0v) is 30.1. The normalized spacial score (nSPS) is 11.5. The number of hydrogen-bond donors (Lipinski definition) is 0. The predicted octanol–water partition coefficient (Wildman–Crippen LogP) is 9.96. The number of nitrogens with zero attached hydrogens (tertiary/aromatic N) is 3. The maximum atomic E-state index is 6.01. The summed E-state index contributed by atoms with van der Waals surface area (Å²) in [6.07, 6.45) is 7.99. The summed E-state index contributed by atoms with van der Waals surface area (Å²) >= 11 is 0. The molecule has 229 valence electrons. The first kappa shape index (κ1) is 33.4. The average Bonchev–Trinajstić information content (AvgIpc) is 3.41. The third-order valence-corrected chi connectivity index (χ3v) is 10.1. The molecule has 0 aliphatic rings. The fraction of sp³-hybridized carbons (Fsp3) is 0.289. The van der Waals surface area contributed by atoms with Crippen molar-refractivity contribution >= 4 is 35.3 Å². The third kappa shape index (κ3) is 7.26. The number of hydrogen-bond acceptors (Lipinski definition) is 4. The number of fused-ring (bicyclic) bond motifs is 3. The average molecular weight is 776 g/mol. The van der Waals surface area contributed by atoms with Gasteiger partial charge in [-0.2, -0.15) is 0 Å². The van der Waals surface area contributed by atoms with Crippen molar-refractivity contribution in [3.8, 4) is 22.5 Å². The van der Waals surface area contributed by atoms with Crippen molar-refractivity contribution in [1.82, 2.24) is 15.0 Å². The van der Waals surface area contributed by atoms with Crippen molar-refractivity contribution in [1.29, 1.82) is 0 Å². The zero-order chi connectivity index (χ0) is 30.6. The van der Waals surface area contributed by atoms with Gasteiger partial charge in [-0.25, -0.2) is 4.98 Å². The van der Waals surface area contributed by atoms with Crippen LogP contribution in [-0.4, -0.2) is 23.0 Å². The van der Waals surface area contributed by atoms with Gasteiger partial charge in [-0.05, 0) is 59.5 Å². The van der Waals surface area contributed by atoms with Crippen molar-refractivity contribution in [3.05, 3.63) is 109 Å². The summed E-state index contributed by atoms with van der Waals surface area (Å²) < 4.78 is 6.01. The van der Waals surface area contributed by atoms with Gasteiger partial charge in [0.25, 0.3) is 0 Å². The van der Waals surface area contributed by atoms with Crippen LogP contribution in [0, 0.1) is 12.1 Å². The molecule has 1 radical (unpaired) electrons. The Morgan fingerprint density at radius 1 is 0.795 bits per heavy atom. The van der Waals surface area contributed by atoms with E-state index in [-0.39, 0.29) is 20.1 Å². The molecule has 44 heavy (non-hydrogen) atoms. The Kier molecular flexibility index (Phi) is 11.1. The molecular weight excluding hydrogens is 735 g/mol. The molecule has 0 aliphatic carbocycles. The Morgan fingerprint density at radius 3 is 2.27 bits per heavy atom. The van der Waals surface area contributed by atoms with Crippen molar-refractivity contribution in [2.24, 2.45) is 0 Å². The van der Waals surface area contributed by atoms with Crippen LogP contribution in [0.25, 0.3) is 44.6 Å². The molecule has 0 spiro atoms. The smallest absolute Gasteiger partial charge is 0.216 e. The predicted molar refractivity (Wildman–Crippen MR) is 182 cm³/mol. The van der Waals surface area contributed by atoms with Crippen molar-refractivity contribution < 1.29 is 24.5 Å². The summed E-state index contributed by atoms with van der Waals surface area (Å²) in [5, 5.41) is 3.56. The summed E-state index contributed by atoms with van der Waals surface area (Å²) in [5.41, 5.74) is 8.15. The van der Waals surface area contributed by atoms with E-state index in [4.69, 9.17) is 4.42 Å². The van der Waals surface area contributed by atoms with Crippen LogP contribution in [0.15, 0.2) is 89.7 Å². The van der Waals surface area contributed by atoms with Crippen LogP contribution in [0.4, 0.5) is 0 Å². The third-order valence-electron chi connectivity index (χ3n) is 8.06. The Balaban J connectivity index is 0.000000202. The van der Waals surface area contributed by atoms with E-state index in [0.717, 1.165) is 51.7 Å². The Hall–Kier alpha value is -3.44. The van der Waals surface area contributed by atoms with Gasteiger partial charge in [-0.3, -0.25) is 0 Å². The van der Waals surface area contributed by atoms with E-state index in [2.05, 4.69) is 105 Å². The van der Waals surface area contributed by atoms with E-state index < -0.39 is 8.07 Å². The van der Waals surface area contributed by atoms with Crippen LogP contribution < -0.4 is 5.19 Å². The molecule has 0 saturated heterocycles. The van der Waals surface area contributed by atoms with E-state index in [1.165, 1.54) is 16.3 Å². The van der Waals surface area contributed by atoms with Crippen LogP contribution >= 0.6 is 0 Å². The van der Waals surface area contributed by atoms with Crippen molar-refractivity contribution in [2.45, 2.75) is 72.0 Å². The maximum Gasteiger partial charge on any atom is 0.216 e. The number of benzene rings is 2. The molecule has 0 unspecified atom stereocenters. The van der Waals surface area contributed by atoms with Gasteiger partial charge < -0.3 is 14.4 Å². The van der Waals surface area contributed by atoms with Crippen LogP contribution in [0.2, 0.25) is 19.6 Å². The van der Waals surface area contributed by atoms with E-state index in [9.17, 15) is 0 Å². The topological polar surface area (TPSA) is 51.8 Å². The largest absolute Gasteiger partial charge is 0.486 e. The summed E-state index contributed by atoms with van der Waals surface area (Å²) in [6.45, 7) is 16.1. The first-order chi connectivity index (χ1) is 20.7. The fourth-order valence-corrected chi connectivity index (χ4v) is 7.32. The Bertz CT molecular complexity index is 1820.